The number of carbonyl (C=O) groups excluding carboxylic acids is 1. The summed E-state index contributed by atoms with van der Waals surface area (Å²) in [4.78, 5) is 16.8. The second-order valence-electron chi connectivity index (χ2n) is 5.19. The highest BCUT2D eigenvalue weighted by atomic mass is 35.5. The summed E-state index contributed by atoms with van der Waals surface area (Å²) in [5.41, 5.74) is 0.843. The van der Waals surface area contributed by atoms with Crippen molar-refractivity contribution in [2.24, 2.45) is 4.99 Å². The van der Waals surface area contributed by atoms with Crippen molar-refractivity contribution >= 4 is 23.1 Å². The van der Waals surface area contributed by atoms with Gasteiger partial charge in [0.2, 0.25) is 5.78 Å². The lowest BCUT2D eigenvalue weighted by atomic mass is 9.91. The zero-order valence-electron chi connectivity index (χ0n) is 11.8. The van der Waals surface area contributed by atoms with Crippen LogP contribution in [0.2, 0.25) is 5.02 Å². The van der Waals surface area contributed by atoms with Crippen LogP contribution in [0.1, 0.15) is 27.0 Å². The molecule has 6 heteroatoms. The number of carbonyl (C=O) groups is 1. The van der Waals surface area contributed by atoms with Crippen LogP contribution in [0.25, 0.3) is 0 Å². The van der Waals surface area contributed by atoms with Gasteiger partial charge < -0.3 is 0 Å². The van der Waals surface area contributed by atoms with Crippen molar-refractivity contribution in [2.75, 3.05) is 6.54 Å². The summed E-state index contributed by atoms with van der Waals surface area (Å²) in [5, 5.41) is 0.502. The first-order valence-corrected chi connectivity index (χ1v) is 7.29. The molecular weight excluding hydrogens is 327 g/mol. The third-order valence-corrected chi connectivity index (χ3v) is 3.91. The molecule has 2 aromatic carbocycles. The molecule has 1 aliphatic rings. The first-order valence-electron chi connectivity index (χ1n) is 6.91. The van der Waals surface area contributed by atoms with Crippen LogP contribution in [-0.2, 0) is 12.6 Å². The van der Waals surface area contributed by atoms with Crippen LogP contribution >= 0.6 is 11.6 Å². The van der Waals surface area contributed by atoms with E-state index in [2.05, 4.69) is 4.99 Å². The second-order valence-corrected chi connectivity index (χ2v) is 5.62. The summed E-state index contributed by atoms with van der Waals surface area (Å²) < 4.78 is 38.4. The first kappa shape index (κ1) is 15.7. The average molecular weight is 338 g/mol. The van der Waals surface area contributed by atoms with Crippen LogP contribution in [0.4, 0.5) is 13.2 Å². The third-order valence-electron chi connectivity index (χ3n) is 3.66. The minimum atomic E-state index is -4.40. The Bertz CT molecular complexity index is 794. The van der Waals surface area contributed by atoms with E-state index in [-0.39, 0.29) is 11.5 Å². The number of ketones is 1. The smallest absolute Gasteiger partial charge is 0.287 e. The van der Waals surface area contributed by atoms with Crippen LogP contribution in [0, 0.1) is 0 Å². The number of Topliss-reactive ketones (excluding diaryl/α,β-unsaturated/α-hetero) is 1. The first-order chi connectivity index (χ1) is 10.9. The largest absolute Gasteiger partial charge is 0.416 e. The molecule has 0 bridgehead atoms. The minimum absolute atomic E-state index is 0.197. The molecule has 0 amide bonds. The maximum atomic E-state index is 12.8. The maximum absolute atomic E-state index is 12.8. The van der Waals surface area contributed by atoms with Crippen LogP contribution < -0.4 is 0 Å². The minimum Gasteiger partial charge on any atom is -0.287 e. The molecule has 3 rings (SSSR count). The van der Waals surface area contributed by atoms with Gasteiger partial charge in [0.25, 0.3) is 0 Å². The summed E-state index contributed by atoms with van der Waals surface area (Å²) in [7, 11) is 0. The van der Waals surface area contributed by atoms with Crippen molar-refractivity contribution in [3.63, 3.8) is 0 Å². The molecule has 0 atom stereocenters. The van der Waals surface area contributed by atoms with E-state index in [0.717, 1.165) is 12.1 Å². The molecule has 2 nitrogen and oxygen atoms in total. The molecule has 1 heterocycles. The summed E-state index contributed by atoms with van der Waals surface area (Å²) >= 11 is 5.80. The molecule has 0 fully saturated rings. The number of fused-ring (bicyclic) bond motifs is 1. The molecule has 2 aromatic rings. The van der Waals surface area contributed by atoms with E-state index in [1.165, 1.54) is 6.07 Å². The van der Waals surface area contributed by atoms with Gasteiger partial charge in [0.1, 0.15) is 5.71 Å². The third kappa shape index (κ3) is 3.15. The molecule has 0 N–H and O–H groups in total. The number of benzene rings is 2. The fourth-order valence-electron chi connectivity index (χ4n) is 2.51. The van der Waals surface area contributed by atoms with Crippen molar-refractivity contribution in [3.05, 3.63) is 69.7 Å². The van der Waals surface area contributed by atoms with Crippen LogP contribution in [0.5, 0.6) is 0 Å². The second kappa shape index (κ2) is 5.81. The van der Waals surface area contributed by atoms with Gasteiger partial charge in [0.15, 0.2) is 0 Å². The maximum Gasteiger partial charge on any atom is 0.416 e. The highest BCUT2D eigenvalue weighted by molar-refractivity contribution is 6.52. The van der Waals surface area contributed by atoms with Crippen molar-refractivity contribution < 1.29 is 18.0 Å². The number of alkyl halides is 3. The van der Waals surface area contributed by atoms with Gasteiger partial charge in [-0.15, -0.1) is 0 Å². The predicted molar refractivity (Wildman–Crippen MR) is 82.3 cm³/mol. The molecular formula is C17H11ClF3NO. The predicted octanol–water partition coefficient (Wildman–Crippen LogP) is 4.59. The molecule has 0 aliphatic carbocycles. The molecule has 0 saturated heterocycles. The van der Waals surface area contributed by atoms with Crippen molar-refractivity contribution in [3.8, 4) is 0 Å². The Labute approximate surface area is 135 Å². The van der Waals surface area contributed by atoms with Crippen LogP contribution in [-0.4, -0.2) is 18.0 Å². The molecule has 1 aliphatic heterocycles. The Hall–Kier alpha value is -2.14. The van der Waals surface area contributed by atoms with E-state index in [1.807, 2.05) is 0 Å². The number of hydrogen-bond donors (Lipinski definition) is 0. The topological polar surface area (TPSA) is 29.4 Å². The summed E-state index contributed by atoms with van der Waals surface area (Å²) in [5.74, 6) is -0.317. The number of aliphatic imine (C=N–C) groups is 1. The number of hydrogen-bond acceptors (Lipinski definition) is 2. The van der Waals surface area contributed by atoms with Crippen LogP contribution in [0.15, 0.2) is 47.5 Å². The molecule has 0 radical (unpaired) electrons. The van der Waals surface area contributed by atoms with Gasteiger partial charge in [-0.25, -0.2) is 0 Å². The molecule has 0 spiro atoms. The van der Waals surface area contributed by atoms with Gasteiger partial charge in [-0.1, -0.05) is 17.7 Å². The number of nitrogens with zero attached hydrogens (tertiary/aromatic N) is 1. The van der Waals surface area contributed by atoms with Crippen LogP contribution in [0.3, 0.4) is 0 Å². The number of halogens is 4. The molecule has 0 saturated carbocycles. The normalized spacial score (nSPS) is 14.2. The highest BCUT2D eigenvalue weighted by Gasteiger charge is 2.32. The van der Waals surface area contributed by atoms with Gasteiger partial charge in [0, 0.05) is 22.7 Å². The van der Waals surface area contributed by atoms with E-state index in [0.29, 0.717) is 34.7 Å². The Morgan fingerprint density at radius 2 is 1.78 bits per heavy atom. The van der Waals surface area contributed by atoms with E-state index < -0.39 is 11.7 Å². The van der Waals surface area contributed by atoms with E-state index in [4.69, 9.17) is 11.6 Å². The monoisotopic (exact) mass is 337 g/mol. The standard InChI is InChI=1S/C17H11ClF3NO/c18-13-4-1-10(2-5-13)16(23)15-14-6-3-12(17(19,20)21)9-11(14)7-8-22-15/h1-6,9H,7-8H2. The van der Waals surface area contributed by atoms with Crippen molar-refractivity contribution in [1.29, 1.82) is 0 Å². The lowest BCUT2D eigenvalue weighted by Gasteiger charge is -2.18. The van der Waals surface area contributed by atoms with Crippen molar-refractivity contribution in [1.82, 2.24) is 0 Å². The summed E-state index contributed by atoms with van der Waals surface area (Å²) in [6.07, 6.45) is -4.01. The Kier molecular flexibility index (Phi) is 3.98. The van der Waals surface area contributed by atoms with E-state index in [9.17, 15) is 18.0 Å². The quantitative estimate of drug-likeness (QED) is 0.737. The molecule has 0 unspecified atom stereocenters. The Balaban J connectivity index is 1.99. The Morgan fingerprint density at radius 3 is 2.43 bits per heavy atom. The van der Waals surface area contributed by atoms with E-state index in [1.54, 1.807) is 24.3 Å². The SMILES string of the molecule is O=C(C1=NCCc2cc(C(F)(F)F)ccc21)c1ccc(Cl)cc1. The van der Waals surface area contributed by atoms with E-state index >= 15 is 0 Å². The molecule has 0 aromatic heterocycles. The zero-order valence-corrected chi connectivity index (χ0v) is 12.6. The van der Waals surface area contributed by atoms with Gasteiger partial charge in [-0.3, -0.25) is 9.79 Å². The average Bonchev–Trinajstić information content (AvgIpc) is 2.53. The van der Waals surface area contributed by atoms with Gasteiger partial charge in [-0.05, 0) is 48.4 Å². The highest BCUT2D eigenvalue weighted by Crippen LogP contribution is 2.32. The molecule has 118 valence electrons. The summed E-state index contributed by atoms with van der Waals surface area (Å²) in [6.45, 7) is 0.295. The zero-order chi connectivity index (χ0) is 16.6. The number of rotatable bonds is 2. The summed E-state index contributed by atoms with van der Waals surface area (Å²) in [6, 6.07) is 9.73. The van der Waals surface area contributed by atoms with Crippen molar-refractivity contribution in [2.45, 2.75) is 12.6 Å². The van der Waals surface area contributed by atoms with Gasteiger partial charge in [0.05, 0.1) is 5.56 Å². The van der Waals surface area contributed by atoms with Gasteiger partial charge >= 0.3 is 6.18 Å². The fraction of sp³-hybridized carbons (Fsp3) is 0.176. The Morgan fingerprint density at radius 1 is 1.09 bits per heavy atom. The lowest BCUT2D eigenvalue weighted by molar-refractivity contribution is -0.137. The lowest BCUT2D eigenvalue weighted by Crippen LogP contribution is -2.22. The van der Waals surface area contributed by atoms with Gasteiger partial charge in [-0.2, -0.15) is 13.2 Å². The fourth-order valence-corrected chi connectivity index (χ4v) is 2.64. The molecule has 23 heavy (non-hydrogen) atoms.